The van der Waals surface area contributed by atoms with Crippen LogP contribution in [0.2, 0.25) is 0 Å². The molecule has 0 radical (unpaired) electrons. The summed E-state index contributed by atoms with van der Waals surface area (Å²) >= 11 is 0. The summed E-state index contributed by atoms with van der Waals surface area (Å²) in [6, 6.07) is 16.6. The summed E-state index contributed by atoms with van der Waals surface area (Å²) in [5.74, 6) is 0.666. The van der Waals surface area contributed by atoms with Crippen LogP contribution in [-0.4, -0.2) is 27.4 Å². The Labute approximate surface area is 142 Å². The molecule has 0 fully saturated rings. The van der Waals surface area contributed by atoms with Crippen molar-refractivity contribution in [1.82, 2.24) is 9.55 Å². The van der Waals surface area contributed by atoms with Crippen LogP contribution < -0.4 is 10.3 Å². The summed E-state index contributed by atoms with van der Waals surface area (Å²) in [4.78, 5) is 16.9. The molecule has 1 atom stereocenters. The van der Waals surface area contributed by atoms with Crippen LogP contribution >= 0.6 is 0 Å². The molecule has 0 aliphatic carbocycles. The summed E-state index contributed by atoms with van der Waals surface area (Å²) in [5.41, 5.74) is 1.03. The van der Waals surface area contributed by atoms with Crippen molar-refractivity contribution in [2.45, 2.75) is 12.6 Å². The number of aliphatic hydroxyl groups excluding tert-OH is 1. The van der Waals surface area contributed by atoms with Crippen LogP contribution in [0.1, 0.15) is 0 Å². The monoisotopic (exact) mass is 336 g/mol. The van der Waals surface area contributed by atoms with Gasteiger partial charge in [-0.3, -0.25) is 9.36 Å². The van der Waals surface area contributed by atoms with Crippen molar-refractivity contribution < 1.29 is 14.3 Å². The number of fused-ring (bicyclic) bond motifs is 3. The minimum absolute atomic E-state index is 0.0751. The van der Waals surface area contributed by atoms with E-state index in [1.165, 1.54) is 10.9 Å². The quantitative estimate of drug-likeness (QED) is 0.606. The second kappa shape index (κ2) is 6.41. The van der Waals surface area contributed by atoms with Crippen LogP contribution in [0.3, 0.4) is 0 Å². The van der Waals surface area contributed by atoms with Crippen LogP contribution in [0.4, 0.5) is 0 Å². The topological polar surface area (TPSA) is 77.5 Å². The molecule has 0 saturated heterocycles. The summed E-state index contributed by atoms with van der Waals surface area (Å²) in [6.45, 7) is 0.153. The Kier molecular flexibility index (Phi) is 3.95. The number of ether oxygens (including phenoxy) is 1. The number of aliphatic hydroxyl groups is 1. The highest BCUT2D eigenvalue weighted by molar-refractivity contribution is 6.01. The number of aromatic nitrogens is 2. The normalized spacial score (nSPS) is 12.5. The van der Waals surface area contributed by atoms with E-state index in [0.29, 0.717) is 16.8 Å². The molecule has 25 heavy (non-hydrogen) atoms. The fourth-order valence-electron chi connectivity index (χ4n) is 2.73. The lowest BCUT2D eigenvalue weighted by atomic mass is 10.2. The van der Waals surface area contributed by atoms with E-state index >= 15 is 0 Å². The van der Waals surface area contributed by atoms with Crippen molar-refractivity contribution in [1.29, 1.82) is 0 Å². The number of rotatable bonds is 5. The number of para-hydroxylation sites is 2. The lowest BCUT2D eigenvalue weighted by Crippen LogP contribution is -2.30. The van der Waals surface area contributed by atoms with Crippen molar-refractivity contribution in [3.05, 3.63) is 71.3 Å². The fraction of sp³-hybridized carbons (Fsp3) is 0.158. The first-order chi connectivity index (χ1) is 12.2. The van der Waals surface area contributed by atoms with Crippen molar-refractivity contribution in [3.8, 4) is 5.75 Å². The maximum atomic E-state index is 12.6. The van der Waals surface area contributed by atoms with E-state index in [0.717, 1.165) is 5.39 Å². The van der Waals surface area contributed by atoms with Gasteiger partial charge in [0.2, 0.25) is 5.58 Å². The maximum Gasteiger partial charge on any atom is 0.297 e. The zero-order valence-corrected chi connectivity index (χ0v) is 13.3. The lowest BCUT2D eigenvalue weighted by Gasteiger charge is -2.13. The first kappa shape index (κ1) is 15.4. The van der Waals surface area contributed by atoms with Crippen LogP contribution in [-0.2, 0) is 6.54 Å². The minimum atomic E-state index is -0.846. The van der Waals surface area contributed by atoms with Gasteiger partial charge in [-0.15, -0.1) is 0 Å². The highest BCUT2D eigenvalue weighted by Gasteiger charge is 2.15. The van der Waals surface area contributed by atoms with E-state index in [-0.39, 0.29) is 24.3 Å². The van der Waals surface area contributed by atoms with Gasteiger partial charge in [-0.1, -0.05) is 30.3 Å². The van der Waals surface area contributed by atoms with Gasteiger partial charge in [0.25, 0.3) is 5.56 Å². The van der Waals surface area contributed by atoms with E-state index in [1.54, 1.807) is 18.2 Å². The molecule has 2 aromatic carbocycles. The van der Waals surface area contributed by atoms with Gasteiger partial charge in [-0.2, -0.15) is 0 Å². The molecule has 6 heteroatoms. The molecule has 0 spiro atoms. The number of hydrogen-bond donors (Lipinski definition) is 1. The molecule has 0 bridgehead atoms. The molecule has 0 amide bonds. The predicted molar refractivity (Wildman–Crippen MR) is 93.7 cm³/mol. The Bertz CT molecular complexity index is 1070. The van der Waals surface area contributed by atoms with E-state index in [9.17, 15) is 9.90 Å². The molecule has 4 aromatic rings. The van der Waals surface area contributed by atoms with Gasteiger partial charge >= 0.3 is 0 Å². The third-order valence-corrected chi connectivity index (χ3v) is 3.94. The Hall–Kier alpha value is -3.12. The average Bonchev–Trinajstić information content (AvgIpc) is 3.03. The van der Waals surface area contributed by atoms with Crippen LogP contribution in [0.15, 0.2) is 70.1 Å². The molecule has 0 aliphatic rings. The van der Waals surface area contributed by atoms with Gasteiger partial charge in [0.1, 0.15) is 29.6 Å². The first-order valence-corrected chi connectivity index (χ1v) is 7.95. The van der Waals surface area contributed by atoms with Crippen LogP contribution in [0.25, 0.3) is 22.1 Å². The van der Waals surface area contributed by atoms with Gasteiger partial charge in [0.05, 0.1) is 12.9 Å². The third-order valence-electron chi connectivity index (χ3n) is 3.94. The first-order valence-electron chi connectivity index (χ1n) is 7.95. The highest BCUT2D eigenvalue weighted by atomic mass is 16.5. The number of hydrogen-bond acceptors (Lipinski definition) is 5. The summed E-state index contributed by atoms with van der Waals surface area (Å²) in [5, 5.41) is 11.0. The standard InChI is InChI=1S/C19H16N2O4/c22-13(11-24-14-6-2-1-3-7-14)10-21-12-20-17-15-8-4-5-9-16(15)25-18(17)19(21)23/h1-9,12-13,22H,10-11H2. The average molecular weight is 336 g/mol. The molecule has 1 N–H and O–H groups in total. The van der Waals surface area contributed by atoms with Crippen molar-refractivity contribution in [2.24, 2.45) is 0 Å². The molecule has 0 aliphatic heterocycles. The molecule has 2 heterocycles. The van der Waals surface area contributed by atoms with Crippen LogP contribution in [0, 0.1) is 0 Å². The largest absolute Gasteiger partial charge is 0.491 e. The lowest BCUT2D eigenvalue weighted by molar-refractivity contribution is 0.0914. The zero-order valence-electron chi connectivity index (χ0n) is 13.3. The molecule has 4 rings (SSSR count). The minimum Gasteiger partial charge on any atom is -0.491 e. The SMILES string of the molecule is O=c1c2oc3ccccc3c2ncn1CC(O)COc1ccccc1. The number of nitrogens with zero attached hydrogens (tertiary/aromatic N) is 2. The van der Waals surface area contributed by atoms with E-state index in [1.807, 2.05) is 36.4 Å². The summed E-state index contributed by atoms with van der Waals surface area (Å²) in [6.07, 6.45) is 0.583. The van der Waals surface area contributed by atoms with E-state index < -0.39 is 6.10 Å². The van der Waals surface area contributed by atoms with Gasteiger partial charge in [0.15, 0.2) is 0 Å². The molecule has 2 aromatic heterocycles. The second-order valence-corrected chi connectivity index (χ2v) is 5.76. The highest BCUT2D eigenvalue weighted by Crippen LogP contribution is 2.24. The van der Waals surface area contributed by atoms with Crippen LogP contribution in [0.5, 0.6) is 5.75 Å². The molecule has 0 saturated carbocycles. The maximum absolute atomic E-state index is 12.6. The summed E-state index contributed by atoms with van der Waals surface area (Å²) in [7, 11) is 0. The molecule has 6 nitrogen and oxygen atoms in total. The van der Waals surface area contributed by atoms with E-state index in [2.05, 4.69) is 4.98 Å². The number of furan rings is 1. The molecular formula is C19H16N2O4. The smallest absolute Gasteiger partial charge is 0.297 e. The summed E-state index contributed by atoms with van der Waals surface area (Å²) < 4.78 is 12.5. The molecule has 126 valence electrons. The van der Waals surface area contributed by atoms with Crippen molar-refractivity contribution in [2.75, 3.05) is 6.61 Å². The van der Waals surface area contributed by atoms with Gasteiger partial charge in [-0.05, 0) is 24.3 Å². The Morgan fingerprint density at radius 3 is 2.72 bits per heavy atom. The van der Waals surface area contributed by atoms with Gasteiger partial charge < -0.3 is 14.3 Å². The second-order valence-electron chi connectivity index (χ2n) is 5.76. The molecular weight excluding hydrogens is 320 g/mol. The van der Waals surface area contributed by atoms with Gasteiger partial charge in [-0.25, -0.2) is 4.98 Å². The Balaban J connectivity index is 1.56. The molecule has 1 unspecified atom stereocenters. The number of benzene rings is 2. The third kappa shape index (κ3) is 2.99. The van der Waals surface area contributed by atoms with E-state index in [4.69, 9.17) is 9.15 Å². The Morgan fingerprint density at radius 2 is 1.88 bits per heavy atom. The Morgan fingerprint density at radius 1 is 1.12 bits per heavy atom. The zero-order chi connectivity index (χ0) is 17.2. The van der Waals surface area contributed by atoms with Gasteiger partial charge in [0, 0.05) is 5.39 Å². The fourth-order valence-corrected chi connectivity index (χ4v) is 2.73. The van der Waals surface area contributed by atoms with Crippen molar-refractivity contribution in [3.63, 3.8) is 0 Å². The predicted octanol–water partition coefficient (Wildman–Crippen LogP) is 2.58. The van der Waals surface area contributed by atoms with Crippen molar-refractivity contribution >= 4 is 22.1 Å².